The highest BCUT2D eigenvalue weighted by molar-refractivity contribution is 6.18. The van der Waals surface area contributed by atoms with E-state index >= 15 is 0 Å². The Morgan fingerprint density at radius 1 is 0.389 bits per heavy atom. The molecule has 252 valence electrons. The van der Waals surface area contributed by atoms with Gasteiger partial charge >= 0.3 is 0 Å². The van der Waals surface area contributed by atoms with Crippen LogP contribution in [0.5, 0.6) is 0 Å². The summed E-state index contributed by atoms with van der Waals surface area (Å²) in [6.45, 7) is 0. The number of hydrogen-bond donors (Lipinski definition) is 0. The van der Waals surface area contributed by atoms with E-state index in [0.717, 1.165) is 50.0 Å². The first-order chi connectivity index (χ1) is 26.8. The van der Waals surface area contributed by atoms with Crippen LogP contribution in [0, 0.1) is 0 Å². The van der Waals surface area contributed by atoms with Gasteiger partial charge in [0.15, 0.2) is 5.82 Å². The molecular weight excluding hydrogens is 657 g/mol. The molecule has 3 aromatic heterocycles. The molecule has 3 heterocycles. The molecule has 11 aromatic rings. The molecule has 54 heavy (non-hydrogen) atoms. The lowest BCUT2D eigenvalue weighted by atomic mass is 9.93. The van der Waals surface area contributed by atoms with E-state index in [4.69, 9.17) is 9.97 Å². The molecule has 0 N–H and O–H groups in total. The lowest BCUT2D eigenvalue weighted by Gasteiger charge is -2.15. The Labute approximate surface area is 311 Å². The van der Waals surface area contributed by atoms with E-state index < -0.39 is 0 Å². The second-order valence-corrected chi connectivity index (χ2v) is 13.8. The largest absolute Gasteiger partial charge is 0.315 e. The second-order valence-electron chi connectivity index (χ2n) is 13.8. The molecule has 0 saturated carbocycles. The van der Waals surface area contributed by atoms with Crippen LogP contribution >= 0.6 is 0 Å². The third kappa shape index (κ3) is 4.70. The van der Waals surface area contributed by atoms with Crippen LogP contribution in [-0.2, 0) is 0 Å². The normalized spacial score (nSPS) is 11.7. The Morgan fingerprint density at radius 3 is 1.87 bits per heavy atom. The molecule has 11 rings (SSSR count). The van der Waals surface area contributed by atoms with Crippen LogP contribution in [0.25, 0.3) is 99.5 Å². The summed E-state index contributed by atoms with van der Waals surface area (Å²) < 4.78 is 4.72. The first-order valence-corrected chi connectivity index (χ1v) is 18.3. The van der Waals surface area contributed by atoms with E-state index in [1.807, 2.05) is 0 Å². The number of fused-ring (bicyclic) bond motifs is 7. The molecule has 0 aliphatic carbocycles. The van der Waals surface area contributed by atoms with E-state index in [9.17, 15) is 0 Å². The van der Waals surface area contributed by atoms with Gasteiger partial charge in [0, 0.05) is 50.2 Å². The van der Waals surface area contributed by atoms with Gasteiger partial charge in [0.2, 0.25) is 0 Å². The van der Waals surface area contributed by atoms with Gasteiger partial charge in [-0.3, -0.25) is 0 Å². The van der Waals surface area contributed by atoms with Crippen molar-refractivity contribution in [1.29, 1.82) is 0 Å². The molecule has 0 fully saturated rings. The van der Waals surface area contributed by atoms with Crippen molar-refractivity contribution in [2.45, 2.75) is 0 Å². The van der Waals surface area contributed by atoms with Gasteiger partial charge < -0.3 is 9.13 Å². The highest BCUT2D eigenvalue weighted by Gasteiger charge is 2.20. The molecule has 0 radical (unpaired) electrons. The zero-order valence-corrected chi connectivity index (χ0v) is 29.3. The minimum absolute atomic E-state index is 0.695. The Kier molecular flexibility index (Phi) is 6.82. The van der Waals surface area contributed by atoms with Gasteiger partial charge in [-0.2, -0.15) is 0 Å². The molecule has 0 bridgehead atoms. The van der Waals surface area contributed by atoms with Crippen molar-refractivity contribution >= 4 is 54.4 Å². The Hall–Kier alpha value is -7.30. The first kappa shape index (κ1) is 30.3. The third-order valence-corrected chi connectivity index (χ3v) is 10.7. The summed E-state index contributed by atoms with van der Waals surface area (Å²) in [5.74, 6) is 0.695. The zero-order valence-electron chi connectivity index (χ0n) is 29.3. The summed E-state index contributed by atoms with van der Waals surface area (Å²) in [6.07, 6.45) is 2.18. The predicted octanol–water partition coefficient (Wildman–Crippen LogP) is 12.8. The Bertz CT molecular complexity index is 3210. The Morgan fingerprint density at radius 2 is 1.04 bits per heavy atom. The number of para-hydroxylation sites is 3. The molecule has 8 aromatic carbocycles. The van der Waals surface area contributed by atoms with E-state index in [2.05, 4.69) is 203 Å². The Balaban J connectivity index is 1.14. The molecule has 0 unspecified atom stereocenters. The van der Waals surface area contributed by atoms with Crippen molar-refractivity contribution in [3.05, 3.63) is 194 Å². The average molecular weight is 689 g/mol. The van der Waals surface area contributed by atoms with Gasteiger partial charge in [-0.1, -0.05) is 146 Å². The summed E-state index contributed by atoms with van der Waals surface area (Å²) in [4.78, 5) is 10.6. The third-order valence-electron chi connectivity index (χ3n) is 10.7. The summed E-state index contributed by atoms with van der Waals surface area (Å²) in [5, 5.41) is 7.02. The van der Waals surface area contributed by atoms with E-state index in [0.29, 0.717) is 5.82 Å². The van der Waals surface area contributed by atoms with Gasteiger partial charge in [0.05, 0.1) is 27.8 Å². The maximum absolute atomic E-state index is 5.41. The maximum atomic E-state index is 5.41. The van der Waals surface area contributed by atoms with Crippen molar-refractivity contribution in [1.82, 2.24) is 19.1 Å². The van der Waals surface area contributed by atoms with Crippen LogP contribution < -0.4 is 0 Å². The topological polar surface area (TPSA) is 35.6 Å². The van der Waals surface area contributed by atoms with Crippen molar-refractivity contribution in [2.24, 2.45) is 0 Å². The van der Waals surface area contributed by atoms with Crippen LogP contribution in [0.1, 0.15) is 0 Å². The van der Waals surface area contributed by atoms with Crippen LogP contribution in [0.4, 0.5) is 0 Å². The van der Waals surface area contributed by atoms with Crippen LogP contribution in [-0.4, -0.2) is 19.1 Å². The highest BCUT2D eigenvalue weighted by Crippen LogP contribution is 2.40. The monoisotopic (exact) mass is 688 g/mol. The van der Waals surface area contributed by atoms with E-state index in [1.54, 1.807) is 0 Å². The number of hydrogen-bond acceptors (Lipinski definition) is 2. The molecule has 0 spiro atoms. The van der Waals surface area contributed by atoms with Gasteiger partial charge in [-0.05, 0) is 64.4 Å². The summed E-state index contributed by atoms with van der Waals surface area (Å²) in [7, 11) is 0. The van der Waals surface area contributed by atoms with Gasteiger partial charge in [0.1, 0.15) is 0 Å². The molecule has 0 atom stereocenters. The number of nitrogens with zero attached hydrogens (tertiary/aromatic N) is 4. The fourth-order valence-corrected chi connectivity index (χ4v) is 8.31. The molecule has 4 heteroatoms. The quantitative estimate of drug-likeness (QED) is 0.180. The molecule has 0 amide bonds. The van der Waals surface area contributed by atoms with Crippen LogP contribution in [0.2, 0.25) is 0 Å². The summed E-state index contributed by atoms with van der Waals surface area (Å²) >= 11 is 0. The van der Waals surface area contributed by atoms with Crippen LogP contribution in [0.15, 0.2) is 194 Å². The molecule has 4 nitrogen and oxygen atoms in total. The average Bonchev–Trinajstić information content (AvgIpc) is 3.83. The van der Waals surface area contributed by atoms with Gasteiger partial charge in [-0.15, -0.1) is 0 Å². The summed E-state index contributed by atoms with van der Waals surface area (Å²) in [5.41, 5.74) is 12.0. The highest BCUT2D eigenvalue weighted by atomic mass is 15.0. The standard InChI is InChI=1S/C50H32N4/c1-3-14-33(15-4-1)38-28-29-42(40-21-8-7-20-39(38)40)47-44-23-9-11-24-45(44)51-50(52-47)35-16-13-19-37(32-35)54-46-25-12-10-22-41(46)43-27-26-34-30-31-53(48(34)49(43)54)36-17-5-2-6-18-36/h1-32H. The first-order valence-electron chi connectivity index (χ1n) is 18.3. The number of benzene rings is 8. The van der Waals surface area contributed by atoms with Crippen molar-refractivity contribution in [3.8, 4) is 45.1 Å². The second kappa shape index (κ2) is 12.1. The maximum Gasteiger partial charge on any atom is 0.160 e. The van der Waals surface area contributed by atoms with E-state index in [1.165, 1.54) is 43.7 Å². The fourth-order valence-electron chi connectivity index (χ4n) is 8.31. The van der Waals surface area contributed by atoms with Crippen molar-refractivity contribution in [2.75, 3.05) is 0 Å². The smallest absolute Gasteiger partial charge is 0.160 e. The molecule has 0 aliphatic rings. The van der Waals surface area contributed by atoms with Crippen molar-refractivity contribution in [3.63, 3.8) is 0 Å². The fraction of sp³-hybridized carbons (Fsp3) is 0. The van der Waals surface area contributed by atoms with Crippen LogP contribution in [0.3, 0.4) is 0 Å². The lowest BCUT2D eigenvalue weighted by Crippen LogP contribution is -1.99. The zero-order chi connectivity index (χ0) is 35.6. The number of aromatic nitrogens is 4. The summed E-state index contributed by atoms with van der Waals surface area (Å²) in [6, 6.07) is 66.8. The minimum Gasteiger partial charge on any atom is -0.315 e. The van der Waals surface area contributed by atoms with Gasteiger partial charge in [0.25, 0.3) is 0 Å². The minimum atomic E-state index is 0.695. The molecular formula is C50H32N4. The predicted molar refractivity (Wildman–Crippen MR) is 225 cm³/mol. The van der Waals surface area contributed by atoms with Gasteiger partial charge in [-0.25, -0.2) is 9.97 Å². The molecule has 0 saturated heterocycles. The van der Waals surface area contributed by atoms with E-state index in [-0.39, 0.29) is 0 Å². The molecule has 0 aliphatic heterocycles. The van der Waals surface area contributed by atoms with Crippen molar-refractivity contribution < 1.29 is 0 Å². The lowest BCUT2D eigenvalue weighted by molar-refractivity contribution is 1.11. The SMILES string of the molecule is c1ccc(-c2ccc(-c3nc(-c4cccc(-n5c6ccccc6c6ccc7ccn(-c8ccccc8)c7c65)c4)nc4ccccc34)c3ccccc23)cc1. The number of rotatable bonds is 5.